The molecule has 2 heterocycles. The van der Waals surface area contributed by atoms with E-state index in [9.17, 15) is 14.3 Å². The van der Waals surface area contributed by atoms with Crippen molar-refractivity contribution in [1.29, 1.82) is 0 Å². The van der Waals surface area contributed by atoms with Crippen LogP contribution in [0.1, 0.15) is 33.2 Å². The molecule has 0 aliphatic carbocycles. The van der Waals surface area contributed by atoms with Gasteiger partial charge in [-0.1, -0.05) is 42.2 Å². The zero-order chi connectivity index (χ0) is 20.8. The van der Waals surface area contributed by atoms with Crippen molar-refractivity contribution in [1.82, 2.24) is 19.7 Å². The lowest BCUT2D eigenvalue weighted by Gasteiger charge is -2.15. The minimum absolute atomic E-state index is 0.268. The van der Waals surface area contributed by atoms with Crippen molar-refractivity contribution >= 4 is 5.91 Å². The maximum absolute atomic E-state index is 14.4. The van der Waals surface area contributed by atoms with Crippen molar-refractivity contribution in [3.63, 3.8) is 0 Å². The van der Waals surface area contributed by atoms with Gasteiger partial charge in [0.2, 0.25) is 0 Å². The highest BCUT2D eigenvalue weighted by molar-refractivity contribution is 5.94. The zero-order valence-electron chi connectivity index (χ0n) is 16.0. The number of pyridine rings is 1. The van der Waals surface area contributed by atoms with Gasteiger partial charge in [0.1, 0.15) is 5.76 Å². The molecule has 0 aliphatic rings. The van der Waals surface area contributed by atoms with Crippen LogP contribution in [0, 0.1) is 11.8 Å². The molecule has 2 aromatic heterocycles. The Bertz CT molecular complexity index is 1100. The Kier molecular flexibility index (Phi) is 6.05. The Labute approximate surface area is 167 Å². The normalized spacial score (nSPS) is 12.0. The number of allylic oxidation sites excluding steroid dienone is 1. The first-order valence-electron chi connectivity index (χ1n) is 8.76. The summed E-state index contributed by atoms with van der Waals surface area (Å²) < 4.78 is 16.0. The predicted molar refractivity (Wildman–Crippen MR) is 107 cm³/mol. The Morgan fingerprint density at radius 3 is 2.62 bits per heavy atom. The lowest BCUT2D eigenvalue weighted by Crippen LogP contribution is -2.22. The number of halogens is 1. The van der Waals surface area contributed by atoms with E-state index in [1.54, 1.807) is 66.7 Å². The number of aryl methyl sites for hydroxylation is 1. The van der Waals surface area contributed by atoms with Gasteiger partial charge in [0.15, 0.2) is 6.17 Å². The average molecular weight is 390 g/mol. The summed E-state index contributed by atoms with van der Waals surface area (Å²) in [6, 6.07) is 9.81. The van der Waals surface area contributed by atoms with Crippen LogP contribution in [0.25, 0.3) is 0 Å². The maximum atomic E-state index is 14.4. The van der Waals surface area contributed by atoms with Crippen LogP contribution in [0.2, 0.25) is 0 Å². The molecule has 0 saturated carbocycles. The molecular formula is C22H19FN4O2. The number of aromatic nitrogens is 3. The number of nitrogens with zero attached hydrogens (tertiary/aromatic N) is 4. The Hall–Kier alpha value is -3.92. The van der Waals surface area contributed by atoms with E-state index in [4.69, 9.17) is 0 Å². The van der Waals surface area contributed by atoms with E-state index in [1.165, 1.54) is 13.2 Å². The third kappa shape index (κ3) is 5.08. The molecule has 6 nitrogen and oxygen atoms in total. The average Bonchev–Trinajstić information content (AvgIpc) is 3.17. The number of aliphatic hydroxyl groups excluding tert-OH is 1. The summed E-state index contributed by atoms with van der Waals surface area (Å²) in [6.45, 7) is 0. The Morgan fingerprint density at radius 2 is 1.93 bits per heavy atom. The summed E-state index contributed by atoms with van der Waals surface area (Å²) in [4.78, 5) is 17.8. The van der Waals surface area contributed by atoms with Crippen LogP contribution in [0.3, 0.4) is 0 Å². The molecule has 0 spiro atoms. The van der Waals surface area contributed by atoms with Gasteiger partial charge in [0.05, 0.1) is 17.3 Å². The van der Waals surface area contributed by atoms with Crippen molar-refractivity contribution in [2.24, 2.45) is 7.05 Å². The first-order chi connectivity index (χ1) is 13.9. The number of amides is 1. The molecule has 0 unspecified atom stereocenters. The second-order valence-corrected chi connectivity index (χ2v) is 6.36. The molecular weight excluding hydrogens is 371 g/mol. The lowest BCUT2D eigenvalue weighted by molar-refractivity contribution is 0.0841. The molecule has 1 N–H and O–H groups in total. The molecule has 3 aromatic rings. The van der Waals surface area contributed by atoms with Crippen LogP contribution < -0.4 is 0 Å². The second-order valence-electron chi connectivity index (χ2n) is 6.36. The van der Waals surface area contributed by atoms with E-state index < -0.39 is 17.8 Å². The van der Waals surface area contributed by atoms with E-state index in [0.29, 0.717) is 11.1 Å². The van der Waals surface area contributed by atoms with Gasteiger partial charge in [-0.15, -0.1) is 0 Å². The molecule has 146 valence electrons. The van der Waals surface area contributed by atoms with Crippen molar-refractivity contribution in [2.45, 2.75) is 6.17 Å². The van der Waals surface area contributed by atoms with Crippen molar-refractivity contribution in [3.05, 3.63) is 95.4 Å². The van der Waals surface area contributed by atoms with Gasteiger partial charge in [-0.25, -0.2) is 4.39 Å². The highest BCUT2D eigenvalue weighted by atomic mass is 19.1. The summed E-state index contributed by atoms with van der Waals surface area (Å²) in [5.74, 6) is 4.86. The molecule has 0 saturated heterocycles. The van der Waals surface area contributed by atoms with Gasteiger partial charge in [-0.3, -0.25) is 14.5 Å². The Balaban J connectivity index is 1.75. The summed E-state index contributed by atoms with van der Waals surface area (Å²) in [5.41, 5.74) is 1.86. The van der Waals surface area contributed by atoms with Crippen molar-refractivity contribution in [2.75, 3.05) is 7.05 Å². The van der Waals surface area contributed by atoms with Crippen LogP contribution in [0.5, 0.6) is 0 Å². The molecule has 0 radical (unpaired) electrons. The first-order valence-corrected chi connectivity index (χ1v) is 8.76. The van der Waals surface area contributed by atoms with E-state index in [0.717, 1.165) is 16.7 Å². The molecule has 3 rings (SSSR count). The van der Waals surface area contributed by atoms with Crippen LogP contribution >= 0.6 is 0 Å². The number of aliphatic hydroxyl groups is 1. The van der Waals surface area contributed by atoms with Gasteiger partial charge in [-0.05, 0) is 11.6 Å². The minimum atomic E-state index is -1.72. The lowest BCUT2D eigenvalue weighted by atomic mass is 10.1. The van der Waals surface area contributed by atoms with Crippen LogP contribution in [0.15, 0.2) is 73.1 Å². The second kappa shape index (κ2) is 8.85. The standard InChI is InChI=1S/C22H19FN4O2/c1-26(15-20(28)21(23)18-6-4-3-5-7-18)22(29)19-10-16(11-24-13-19)8-9-17-12-25-27(2)14-17/h3-7,10-15,21,28H,1-2H3/b20-15-/t21-/m0/s1. The number of hydrogen-bond acceptors (Lipinski definition) is 4. The molecule has 0 bridgehead atoms. The quantitative estimate of drug-likeness (QED) is 0.548. The zero-order valence-corrected chi connectivity index (χ0v) is 16.0. The van der Waals surface area contributed by atoms with E-state index in [-0.39, 0.29) is 5.56 Å². The monoisotopic (exact) mass is 390 g/mol. The Morgan fingerprint density at radius 1 is 1.21 bits per heavy atom. The fraction of sp³-hybridized carbons (Fsp3) is 0.136. The maximum Gasteiger partial charge on any atom is 0.259 e. The fourth-order valence-electron chi connectivity index (χ4n) is 2.57. The summed E-state index contributed by atoms with van der Waals surface area (Å²) >= 11 is 0. The molecule has 7 heteroatoms. The molecule has 0 aliphatic heterocycles. The van der Waals surface area contributed by atoms with Gasteiger partial charge < -0.3 is 10.0 Å². The van der Waals surface area contributed by atoms with Gasteiger partial charge in [-0.2, -0.15) is 5.10 Å². The summed E-state index contributed by atoms with van der Waals surface area (Å²) in [5, 5.41) is 14.1. The minimum Gasteiger partial charge on any atom is -0.507 e. The summed E-state index contributed by atoms with van der Waals surface area (Å²) in [7, 11) is 3.23. The molecule has 1 amide bonds. The smallest absolute Gasteiger partial charge is 0.259 e. The molecule has 0 fully saturated rings. The predicted octanol–water partition coefficient (Wildman–Crippen LogP) is 3.40. The topological polar surface area (TPSA) is 71.2 Å². The largest absolute Gasteiger partial charge is 0.507 e. The number of alkyl halides is 1. The number of hydrogen-bond donors (Lipinski definition) is 1. The third-order valence-corrected chi connectivity index (χ3v) is 4.04. The van der Waals surface area contributed by atoms with E-state index >= 15 is 0 Å². The summed E-state index contributed by atoms with van der Waals surface area (Å²) in [6.07, 6.45) is 5.69. The van der Waals surface area contributed by atoms with Crippen LogP contribution in [-0.2, 0) is 7.05 Å². The van der Waals surface area contributed by atoms with Crippen LogP contribution in [0.4, 0.5) is 4.39 Å². The van der Waals surface area contributed by atoms with Crippen molar-refractivity contribution < 1.29 is 14.3 Å². The van der Waals surface area contributed by atoms with E-state index in [2.05, 4.69) is 21.9 Å². The van der Waals surface area contributed by atoms with Gasteiger partial charge >= 0.3 is 0 Å². The number of benzene rings is 1. The van der Waals surface area contributed by atoms with Gasteiger partial charge in [0, 0.05) is 44.4 Å². The molecule has 1 aromatic carbocycles. The highest BCUT2D eigenvalue weighted by Gasteiger charge is 2.18. The number of carbonyl (C=O) groups is 1. The number of rotatable bonds is 4. The SMILES string of the molecule is CN(/C=C(\O)[C@@H](F)c1ccccc1)C(=O)c1cncc(C#Cc2cnn(C)c2)c1. The fourth-order valence-corrected chi connectivity index (χ4v) is 2.57. The van der Waals surface area contributed by atoms with Crippen LogP contribution in [-0.4, -0.2) is 37.7 Å². The molecule has 29 heavy (non-hydrogen) atoms. The van der Waals surface area contributed by atoms with Gasteiger partial charge in [0.25, 0.3) is 5.91 Å². The molecule has 1 atom stereocenters. The third-order valence-electron chi connectivity index (χ3n) is 4.04. The highest BCUT2D eigenvalue weighted by Crippen LogP contribution is 2.24. The van der Waals surface area contributed by atoms with E-state index in [1.807, 2.05) is 0 Å². The van der Waals surface area contributed by atoms with Crippen molar-refractivity contribution in [3.8, 4) is 11.8 Å². The number of carbonyl (C=O) groups excluding carboxylic acids is 1. The first kappa shape index (κ1) is 19.8.